The van der Waals surface area contributed by atoms with Crippen LogP contribution in [0.5, 0.6) is 0 Å². The van der Waals surface area contributed by atoms with E-state index in [0.717, 1.165) is 6.08 Å². The number of aliphatic hydroxyl groups is 1. The number of rotatable bonds is 4. The van der Waals surface area contributed by atoms with Crippen LogP contribution in [0.15, 0.2) is 12.2 Å². The molecule has 0 fully saturated rings. The van der Waals surface area contributed by atoms with Crippen molar-refractivity contribution in [3.8, 4) is 0 Å². The van der Waals surface area contributed by atoms with Crippen LogP contribution >= 0.6 is 0 Å². The van der Waals surface area contributed by atoms with E-state index in [1.54, 1.807) is 0 Å². The highest BCUT2D eigenvalue weighted by molar-refractivity contribution is 5.88. The number of nitrogens with zero attached hydrogens (tertiary/aromatic N) is 1. The van der Waals surface area contributed by atoms with Gasteiger partial charge < -0.3 is 19.5 Å². The second-order valence-corrected chi connectivity index (χ2v) is 3.68. The molecule has 2 atom stereocenters. The molecule has 0 aromatic rings. The van der Waals surface area contributed by atoms with Crippen molar-refractivity contribution in [3.05, 3.63) is 12.2 Å². The second kappa shape index (κ2) is 5.96. The van der Waals surface area contributed by atoms with Crippen LogP contribution in [-0.2, 0) is 14.3 Å². The first-order valence-electron chi connectivity index (χ1n) is 5.09. The van der Waals surface area contributed by atoms with E-state index >= 15 is 0 Å². The Morgan fingerprint density at radius 1 is 1.56 bits per heavy atom. The van der Waals surface area contributed by atoms with Gasteiger partial charge in [0.25, 0.3) is 0 Å². The number of carbonyl (C=O) groups excluding carboxylic acids is 2. The van der Waals surface area contributed by atoms with E-state index in [4.69, 9.17) is 9.84 Å². The summed E-state index contributed by atoms with van der Waals surface area (Å²) >= 11 is 0. The van der Waals surface area contributed by atoms with Crippen molar-refractivity contribution in [3.63, 3.8) is 0 Å². The third-order valence-corrected chi connectivity index (χ3v) is 2.45. The third kappa shape index (κ3) is 3.30. The van der Waals surface area contributed by atoms with Crippen LogP contribution in [0, 0.1) is 5.92 Å². The maximum absolute atomic E-state index is 12.9. The van der Waals surface area contributed by atoms with Crippen LogP contribution in [0.3, 0.4) is 0 Å². The Morgan fingerprint density at radius 2 is 2.22 bits per heavy atom. The van der Waals surface area contributed by atoms with E-state index in [1.165, 1.54) is 6.08 Å². The fraction of sp³-hybridized carbons (Fsp3) is 0.600. The van der Waals surface area contributed by atoms with Crippen molar-refractivity contribution < 1.29 is 32.6 Å². The molecule has 1 amide bonds. The summed E-state index contributed by atoms with van der Waals surface area (Å²) in [6.45, 7) is -1.57. The molecule has 0 spiro atoms. The Bertz CT molecular complexity index is 343. The van der Waals surface area contributed by atoms with Gasteiger partial charge in [-0.2, -0.15) is 13.2 Å². The summed E-state index contributed by atoms with van der Waals surface area (Å²) in [4.78, 5) is 22.5. The van der Waals surface area contributed by atoms with Crippen molar-refractivity contribution in [2.75, 3.05) is 19.9 Å². The molecule has 0 aromatic heterocycles. The Balaban J connectivity index is 3.05. The molecule has 18 heavy (non-hydrogen) atoms. The van der Waals surface area contributed by atoms with Gasteiger partial charge in [0.15, 0.2) is 0 Å². The van der Waals surface area contributed by atoms with Crippen LogP contribution in [0.4, 0.5) is 13.2 Å². The topological polar surface area (TPSA) is 66.8 Å². The van der Waals surface area contributed by atoms with Crippen molar-refractivity contribution in [2.24, 2.45) is 5.92 Å². The molecule has 1 heterocycles. The number of aliphatic hydroxyl groups excluding tert-OH is 1. The Labute approximate surface area is 101 Å². The van der Waals surface area contributed by atoms with E-state index in [1.807, 2.05) is 0 Å². The highest BCUT2D eigenvalue weighted by atomic mass is 19.4. The maximum atomic E-state index is 12.9. The quantitative estimate of drug-likeness (QED) is 0.733. The number of halogens is 3. The number of hydrogen-bond acceptors (Lipinski definition) is 4. The molecule has 5 nitrogen and oxygen atoms in total. The molecular weight excluding hydrogens is 255 g/mol. The van der Waals surface area contributed by atoms with Gasteiger partial charge >= 0.3 is 6.18 Å². The summed E-state index contributed by atoms with van der Waals surface area (Å²) in [7, 11) is 0. The lowest BCUT2D eigenvalue weighted by Crippen LogP contribution is -2.54. The van der Waals surface area contributed by atoms with Crippen LogP contribution < -0.4 is 0 Å². The summed E-state index contributed by atoms with van der Waals surface area (Å²) in [5, 5.41) is 8.82. The Morgan fingerprint density at radius 3 is 2.72 bits per heavy atom. The molecule has 0 saturated heterocycles. The molecule has 1 aliphatic rings. The number of aldehydes is 1. The summed E-state index contributed by atoms with van der Waals surface area (Å²) in [6.07, 6.45) is -2.61. The maximum Gasteiger partial charge on any atom is 0.409 e. The van der Waals surface area contributed by atoms with Crippen LogP contribution in [0.2, 0.25) is 0 Å². The lowest BCUT2D eigenvalue weighted by molar-refractivity contribution is -0.209. The molecule has 8 heteroatoms. The lowest BCUT2D eigenvalue weighted by atomic mass is 10.00. The van der Waals surface area contributed by atoms with Crippen LogP contribution in [-0.4, -0.2) is 54.4 Å². The normalized spacial score (nSPS) is 20.4. The predicted molar refractivity (Wildman–Crippen MR) is 53.3 cm³/mol. The van der Waals surface area contributed by atoms with Crippen LogP contribution in [0.25, 0.3) is 0 Å². The zero-order valence-corrected chi connectivity index (χ0v) is 9.26. The Hall–Kier alpha value is -1.41. The fourth-order valence-electron chi connectivity index (χ4n) is 1.61. The van der Waals surface area contributed by atoms with Crippen molar-refractivity contribution >= 4 is 12.2 Å². The zero-order chi connectivity index (χ0) is 13.8. The third-order valence-electron chi connectivity index (χ3n) is 2.45. The minimum atomic E-state index is -4.83. The van der Waals surface area contributed by atoms with E-state index in [2.05, 4.69) is 0 Å². The van der Waals surface area contributed by atoms with Gasteiger partial charge in [0, 0.05) is 6.08 Å². The summed E-state index contributed by atoms with van der Waals surface area (Å²) in [5.41, 5.74) is 0. The lowest BCUT2D eigenvalue weighted by Gasteiger charge is -2.34. The van der Waals surface area contributed by atoms with Gasteiger partial charge in [-0.3, -0.25) is 4.79 Å². The van der Waals surface area contributed by atoms with Gasteiger partial charge in [-0.25, -0.2) is 0 Å². The summed E-state index contributed by atoms with van der Waals surface area (Å²) in [5.74, 6) is -2.64. The second-order valence-electron chi connectivity index (χ2n) is 3.68. The minimum absolute atomic E-state index is 0.0116. The van der Waals surface area contributed by atoms with Gasteiger partial charge in [0.1, 0.15) is 19.1 Å². The summed E-state index contributed by atoms with van der Waals surface area (Å²) in [6, 6.07) is -2.39. The molecule has 2 unspecified atom stereocenters. The van der Waals surface area contributed by atoms with Crippen molar-refractivity contribution in [1.82, 2.24) is 4.90 Å². The predicted octanol–water partition coefficient (Wildman–Crippen LogP) is 0.0972. The van der Waals surface area contributed by atoms with Gasteiger partial charge in [-0.1, -0.05) is 6.08 Å². The largest absolute Gasteiger partial charge is 0.409 e. The van der Waals surface area contributed by atoms with E-state index < -0.39 is 37.4 Å². The first-order chi connectivity index (χ1) is 8.41. The number of alkyl halides is 3. The molecule has 1 rings (SSSR count). The van der Waals surface area contributed by atoms with E-state index in [9.17, 15) is 22.8 Å². The molecule has 1 N–H and O–H groups in total. The smallest absolute Gasteiger partial charge is 0.396 e. The first-order valence-corrected chi connectivity index (χ1v) is 5.09. The molecule has 0 aliphatic carbocycles. The number of ether oxygens (including phenoxy) is 1. The van der Waals surface area contributed by atoms with Crippen molar-refractivity contribution in [2.45, 2.75) is 12.2 Å². The minimum Gasteiger partial charge on any atom is -0.396 e. The fourth-order valence-corrected chi connectivity index (χ4v) is 1.61. The average Bonchev–Trinajstić information content (AvgIpc) is 2.49. The molecule has 0 radical (unpaired) electrons. The van der Waals surface area contributed by atoms with E-state index in [0.29, 0.717) is 4.90 Å². The first kappa shape index (κ1) is 14.7. The number of hydrogen-bond donors (Lipinski definition) is 1. The number of carbonyl (C=O) groups is 2. The molecule has 1 aliphatic heterocycles. The van der Waals surface area contributed by atoms with Gasteiger partial charge in [-0.05, 0) is 0 Å². The summed E-state index contributed by atoms with van der Waals surface area (Å²) < 4.78 is 43.5. The highest BCUT2D eigenvalue weighted by Crippen LogP contribution is 2.30. The molecular formula is C10H12F3NO4. The monoisotopic (exact) mass is 267 g/mol. The molecule has 0 saturated carbocycles. The van der Waals surface area contributed by atoms with Crippen molar-refractivity contribution in [1.29, 1.82) is 0 Å². The number of amides is 1. The van der Waals surface area contributed by atoms with E-state index in [-0.39, 0.29) is 12.9 Å². The zero-order valence-electron chi connectivity index (χ0n) is 9.26. The highest BCUT2D eigenvalue weighted by Gasteiger charge is 2.49. The standard InChI is InChI=1S/C10H12F3NO4/c11-10(12,13)9(7(4-15)5-16)14-6-18-3-1-2-8(14)17/h1-2,4,7,9,16H,3,5-6H2. The average molecular weight is 267 g/mol. The van der Waals surface area contributed by atoms with Gasteiger partial charge in [0.2, 0.25) is 5.91 Å². The SMILES string of the molecule is O=CC(CO)C(N1COCC=CC1=O)C(F)(F)F. The van der Waals surface area contributed by atoms with Crippen LogP contribution in [0.1, 0.15) is 0 Å². The van der Waals surface area contributed by atoms with Gasteiger partial charge in [0.05, 0.1) is 19.1 Å². The van der Waals surface area contributed by atoms with Gasteiger partial charge in [-0.15, -0.1) is 0 Å². The molecule has 102 valence electrons. The Kier molecular flexibility index (Phi) is 4.85. The molecule has 0 bridgehead atoms. The molecule has 0 aromatic carbocycles.